The van der Waals surface area contributed by atoms with E-state index in [-0.39, 0.29) is 16.9 Å². The van der Waals surface area contributed by atoms with Gasteiger partial charge in [-0.15, -0.1) is 11.3 Å². The first kappa shape index (κ1) is 19.3. The average molecular weight is 385 g/mol. The first-order valence-corrected chi connectivity index (χ1v) is 9.74. The lowest BCUT2D eigenvalue weighted by Gasteiger charge is -2.22. The fraction of sp³-hybridized carbons (Fsp3) is 0.350. The largest absolute Gasteiger partial charge is 0.383 e. The van der Waals surface area contributed by atoms with Crippen molar-refractivity contribution in [3.05, 3.63) is 62.2 Å². The average Bonchev–Trinajstić information content (AvgIpc) is 3.18. The molecule has 0 aromatic carbocycles. The molecule has 3 aromatic rings. The maximum Gasteiger partial charge on any atom is 0.259 e. The van der Waals surface area contributed by atoms with Gasteiger partial charge in [-0.1, -0.05) is 6.07 Å². The molecule has 0 bridgehead atoms. The number of fused-ring (bicyclic) bond motifs is 1. The predicted molar refractivity (Wildman–Crippen MR) is 107 cm³/mol. The molecule has 0 saturated heterocycles. The summed E-state index contributed by atoms with van der Waals surface area (Å²) in [5, 5.41) is 2.44. The molecule has 0 N–H and O–H groups in total. The van der Waals surface area contributed by atoms with Crippen molar-refractivity contribution < 1.29 is 9.53 Å². The Hall–Kier alpha value is -2.51. The monoisotopic (exact) mass is 385 g/mol. The van der Waals surface area contributed by atoms with Gasteiger partial charge in [0.05, 0.1) is 18.5 Å². The van der Waals surface area contributed by atoms with Gasteiger partial charge in [-0.2, -0.15) is 0 Å². The minimum atomic E-state index is -0.282. The molecule has 6 nitrogen and oxygen atoms in total. The van der Waals surface area contributed by atoms with Gasteiger partial charge in [0.1, 0.15) is 11.2 Å². The number of aryl methyl sites for hydroxylation is 2. The number of methoxy groups -OCH3 is 1. The van der Waals surface area contributed by atoms with Crippen LogP contribution in [0.2, 0.25) is 0 Å². The van der Waals surface area contributed by atoms with Crippen LogP contribution < -0.4 is 5.43 Å². The van der Waals surface area contributed by atoms with E-state index in [1.54, 1.807) is 41.7 Å². The SMILES string of the molecule is CCn1cc(C(=O)N(CCOC)Cc2cccs2)c(=O)c2ccc(C)nc21. The van der Waals surface area contributed by atoms with E-state index in [1.165, 1.54) is 0 Å². The van der Waals surface area contributed by atoms with E-state index >= 15 is 0 Å². The van der Waals surface area contributed by atoms with Gasteiger partial charge in [0.25, 0.3) is 5.91 Å². The van der Waals surface area contributed by atoms with Gasteiger partial charge in [-0.25, -0.2) is 4.98 Å². The molecule has 3 aromatic heterocycles. The van der Waals surface area contributed by atoms with E-state index in [4.69, 9.17) is 4.74 Å². The van der Waals surface area contributed by atoms with Crippen LogP contribution in [0.1, 0.15) is 27.9 Å². The zero-order valence-electron chi connectivity index (χ0n) is 15.8. The Kier molecular flexibility index (Phi) is 6.03. The molecule has 3 rings (SSSR count). The Morgan fingerprint density at radius 3 is 2.81 bits per heavy atom. The van der Waals surface area contributed by atoms with Crippen LogP contribution in [-0.4, -0.2) is 40.6 Å². The van der Waals surface area contributed by atoms with Crippen molar-refractivity contribution in [3.8, 4) is 0 Å². The van der Waals surface area contributed by atoms with Crippen LogP contribution in [-0.2, 0) is 17.8 Å². The molecule has 27 heavy (non-hydrogen) atoms. The summed E-state index contributed by atoms with van der Waals surface area (Å²) in [6.07, 6.45) is 1.63. The fourth-order valence-corrected chi connectivity index (χ4v) is 3.69. The number of nitrogens with zero attached hydrogens (tertiary/aromatic N) is 3. The predicted octanol–water partition coefficient (Wildman–Crippen LogP) is 3.08. The molecule has 7 heteroatoms. The molecule has 0 spiro atoms. The first-order valence-electron chi connectivity index (χ1n) is 8.86. The van der Waals surface area contributed by atoms with Gasteiger partial charge >= 0.3 is 0 Å². The Morgan fingerprint density at radius 2 is 2.15 bits per heavy atom. The van der Waals surface area contributed by atoms with E-state index in [9.17, 15) is 9.59 Å². The van der Waals surface area contributed by atoms with E-state index in [0.29, 0.717) is 37.3 Å². The van der Waals surface area contributed by atoms with Crippen LogP contribution in [0.25, 0.3) is 11.0 Å². The third-order valence-electron chi connectivity index (χ3n) is 4.41. The molecule has 0 atom stereocenters. The van der Waals surface area contributed by atoms with E-state index in [1.807, 2.05) is 35.9 Å². The van der Waals surface area contributed by atoms with Crippen LogP contribution in [0, 0.1) is 6.92 Å². The zero-order valence-corrected chi connectivity index (χ0v) is 16.6. The molecule has 0 radical (unpaired) electrons. The number of hydrogen-bond donors (Lipinski definition) is 0. The Labute approximate surface area is 162 Å². The molecular formula is C20H23N3O3S. The second-order valence-electron chi connectivity index (χ2n) is 6.28. The molecule has 0 aliphatic heterocycles. The minimum Gasteiger partial charge on any atom is -0.383 e. The Balaban J connectivity index is 2.05. The van der Waals surface area contributed by atoms with Crippen molar-refractivity contribution in [1.29, 1.82) is 0 Å². The second kappa shape index (κ2) is 8.45. The molecule has 0 aliphatic carbocycles. The Morgan fingerprint density at radius 1 is 1.33 bits per heavy atom. The summed E-state index contributed by atoms with van der Waals surface area (Å²) in [6.45, 7) is 5.76. The van der Waals surface area contributed by atoms with Gasteiger partial charge in [0.2, 0.25) is 5.43 Å². The molecule has 0 saturated carbocycles. The number of carbonyl (C=O) groups is 1. The topological polar surface area (TPSA) is 64.4 Å². The molecule has 0 unspecified atom stereocenters. The van der Waals surface area contributed by atoms with Crippen molar-refractivity contribution >= 4 is 28.3 Å². The van der Waals surface area contributed by atoms with Crippen molar-refractivity contribution in [3.63, 3.8) is 0 Å². The fourth-order valence-electron chi connectivity index (χ4n) is 2.97. The number of carbonyl (C=O) groups excluding carboxylic acids is 1. The third-order valence-corrected chi connectivity index (χ3v) is 5.27. The summed E-state index contributed by atoms with van der Waals surface area (Å²) in [7, 11) is 1.60. The summed E-state index contributed by atoms with van der Waals surface area (Å²) in [5.74, 6) is -0.282. The minimum absolute atomic E-state index is 0.169. The highest BCUT2D eigenvalue weighted by Crippen LogP contribution is 2.16. The summed E-state index contributed by atoms with van der Waals surface area (Å²) in [6, 6.07) is 7.48. The quantitative estimate of drug-likeness (QED) is 0.627. The summed E-state index contributed by atoms with van der Waals surface area (Å²) >= 11 is 1.59. The number of ether oxygens (including phenoxy) is 1. The van der Waals surface area contributed by atoms with Crippen LogP contribution >= 0.6 is 11.3 Å². The van der Waals surface area contributed by atoms with Crippen LogP contribution in [0.4, 0.5) is 0 Å². The number of pyridine rings is 2. The second-order valence-corrected chi connectivity index (χ2v) is 7.31. The Bertz CT molecular complexity index is 996. The lowest BCUT2D eigenvalue weighted by Crippen LogP contribution is -2.36. The summed E-state index contributed by atoms with van der Waals surface area (Å²) in [5.41, 5.74) is 1.34. The highest BCUT2D eigenvalue weighted by atomic mass is 32.1. The van der Waals surface area contributed by atoms with Gasteiger partial charge in [-0.3, -0.25) is 9.59 Å². The van der Waals surface area contributed by atoms with Gasteiger partial charge in [0, 0.05) is 37.0 Å². The third kappa shape index (κ3) is 4.09. The van der Waals surface area contributed by atoms with E-state index in [2.05, 4.69) is 4.98 Å². The molecule has 3 heterocycles. The van der Waals surface area contributed by atoms with E-state index in [0.717, 1.165) is 10.6 Å². The van der Waals surface area contributed by atoms with Crippen LogP contribution in [0.3, 0.4) is 0 Å². The van der Waals surface area contributed by atoms with Gasteiger partial charge in [-0.05, 0) is 37.4 Å². The zero-order chi connectivity index (χ0) is 19.4. The number of hydrogen-bond acceptors (Lipinski definition) is 5. The molecular weight excluding hydrogens is 362 g/mol. The number of aromatic nitrogens is 2. The van der Waals surface area contributed by atoms with Crippen molar-refractivity contribution in [2.75, 3.05) is 20.3 Å². The lowest BCUT2D eigenvalue weighted by molar-refractivity contribution is 0.0680. The number of rotatable bonds is 7. The van der Waals surface area contributed by atoms with Crippen LogP contribution in [0.15, 0.2) is 40.6 Å². The molecule has 142 valence electrons. The highest BCUT2D eigenvalue weighted by Gasteiger charge is 2.22. The maximum atomic E-state index is 13.2. The summed E-state index contributed by atoms with van der Waals surface area (Å²) < 4.78 is 7.01. The van der Waals surface area contributed by atoms with Gasteiger partial charge in [0.15, 0.2) is 0 Å². The van der Waals surface area contributed by atoms with E-state index < -0.39 is 0 Å². The van der Waals surface area contributed by atoms with Crippen molar-refractivity contribution in [2.45, 2.75) is 26.9 Å². The van der Waals surface area contributed by atoms with Crippen molar-refractivity contribution in [2.24, 2.45) is 0 Å². The van der Waals surface area contributed by atoms with Gasteiger partial charge < -0.3 is 14.2 Å². The van der Waals surface area contributed by atoms with Crippen LogP contribution in [0.5, 0.6) is 0 Å². The number of thiophene rings is 1. The molecule has 0 fully saturated rings. The normalized spacial score (nSPS) is 11.1. The summed E-state index contributed by atoms with van der Waals surface area (Å²) in [4.78, 5) is 33.4. The van der Waals surface area contributed by atoms with Crippen molar-refractivity contribution in [1.82, 2.24) is 14.5 Å². The molecule has 0 aliphatic rings. The highest BCUT2D eigenvalue weighted by molar-refractivity contribution is 7.09. The maximum absolute atomic E-state index is 13.2. The molecule has 1 amide bonds. The number of amides is 1. The smallest absolute Gasteiger partial charge is 0.259 e. The first-order chi connectivity index (χ1) is 13.0. The lowest BCUT2D eigenvalue weighted by atomic mass is 10.1. The standard InChI is InChI=1S/C20H23N3O3S/c1-4-22-13-17(18(24)16-8-7-14(2)21-19(16)22)20(25)23(9-10-26-3)12-15-6-5-11-27-15/h5-8,11,13H,4,9-10,12H2,1-3H3.